The maximum atomic E-state index is 11.6. The van der Waals surface area contributed by atoms with Gasteiger partial charge in [-0.05, 0) is 31.5 Å². The van der Waals surface area contributed by atoms with Crippen molar-refractivity contribution in [3.8, 4) is 5.75 Å². The van der Waals surface area contributed by atoms with E-state index in [4.69, 9.17) is 4.74 Å². The summed E-state index contributed by atoms with van der Waals surface area (Å²) in [6.45, 7) is 1.51. The van der Waals surface area contributed by atoms with E-state index >= 15 is 0 Å². The molecular formula is C13H18ClN3O4. The van der Waals surface area contributed by atoms with Crippen molar-refractivity contribution in [3.63, 3.8) is 0 Å². The molecule has 1 aromatic carbocycles. The number of amides is 1. The van der Waals surface area contributed by atoms with Crippen LogP contribution in [0.3, 0.4) is 0 Å². The number of non-ortho nitro benzene ring substituents is 1. The fourth-order valence-corrected chi connectivity index (χ4v) is 2.03. The summed E-state index contributed by atoms with van der Waals surface area (Å²) in [6, 6.07) is 5.98. The van der Waals surface area contributed by atoms with Gasteiger partial charge >= 0.3 is 0 Å². The molecule has 21 heavy (non-hydrogen) atoms. The van der Waals surface area contributed by atoms with E-state index in [-0.39, 0.29) is 30.6 Å². The molecule has 2 rings (SSSR count). The minimum Gasteiger partial charge on any atom is -0.484 e. The Kier molecular flexibility index (Phi) is 6.90. The third-order valence-electron chi connectivity index (χ3n) is 3.13. The monoisotopic (exact) mass is 315 g/mol. The van der Waals surface area contributed by atoms with E-state index in [1.54, 1.807) is 0 Å². The molecule has 0 aromatic heterocycles. The molecule has 1 saturated heterocycles. The number of ether oxygens (including phenoxy) is 1. The summed E-state index contributed by atoms with van der Waals surface area (Å²) >= 11 is 0. The first-order valence-corrected chi connectivity index (χ1v) is 6.52. The summed E-state index contributed by atoms with van der Waals surface area (Å²) in [5.74, 6) is 0.238. The van der Waals surface area contributed by atoms with Gasteiger partial charge in [-0.25, -0.2) is 0 Å². The number of carbonyl (C=O) groups is 1. The van der Waals surface area contributed by atoms with E-state index in [0.29, 0.717) is 18.3 Å². The number of nitrogens with one attached hydrogen (secondary N) is 2. The molecule has 1 aliphatic rings. The molecule has 0 saturated carbocycles. The van der Waals surface area contributed by atoms with Gasteiger partial charge in [0.05, 0.1) is 4.92 Å². The number of hydrogen-bond acceptors (Lipinski definition) is 5. The lowest BCUT2D eigenvalue weighted by atomic mass is 10.2. The highest BCUT2D eigenvalue weighted by Gasteiger charge is 2.14. The second kappa shape index (κ2) is 8.43. The summed E-state index contributed by atoms with van der Waals surface area (Å²) in [7, 11) is 0. The Morgan fingerprint density at radius 1 is 1.43 bits per heavy atom. The second-order valence-corrected chi connectivity index (χ2v) is 4.64. The Morgan fingerprint density at radius 3 is 2.71 bits per heavy atom. The number of carbonyl (C=O) groups excluding carboxylic acids is 1. The largest absolute Gasteiger partial charge is 0.484 e. The summed E-state index contributed by atoms with van der Waals surface area (Å²) in [5.41, 5.74) is -0.00545. The molecule has 1 aromatic rings. The van der Waals surface area contributed by atoms with Gasteiger partial charge < -0.3 is 15.4 Å². The van der Waals surface area contributed by atoms with Crippen LogP contribution in [0.25, 0.3) is 0 Å². The van der Waals surface area contributed by atoms with Crippen LogP contribution in [-0.4, -0.2) is 36.6 Å². The fraction of sp³-hybridized carbons (Fsp3) is 0.462. The molecule has 0 radical (unpaired) electrons. The molecule has 8 heteroatoms. The molecule has 2 N–H and O–H groups in total. The van der Waals surface area contributed by atoms with E-state index in [1.165, 1.54) is 24.3 Å². The standard InChI is InChI=1S/C13H17N3O4.ClH/c17-13(15-8-10-2-1-7-14-10)9-20-12-5-3-11(4-6-12)16(18)19;/h3-6,10,14H,1-2,7-9H2,(H,15,17);1H. The van der Waals surface area contributed by atoms with Crippen molar-refractivity contribution in [2.75, 3.05) is 19.7 Å². The molecule has 0 aliphatic carbocycles. The molecule has 0 bridgehead atoms. The molecule has 1 heterocycles. The van der Waals surface area contributed by atoms with Gasteiger partial charge in [-0.15, -0.1) is 12.4 Å². The van der Waals surface area contributed by atoms with Crippen molar-refractivity contribution in [1.29, 1.82) is 0 Å². The van der Waals surface area contributed by atoms with Crippen LogP contribution in [0.1, 0.15) is 12.8 Å². The number of rotatable bonds is 6. The van der Waals surface area contributed by atoms with E-state index in [9.17, 15) is 14.9 Å². The van der Waals surface area contributed by atoms with Crippen LogP contribution in [0.5, 0.6) is 5.75 Å². The van der Waals surface area contributed by atoms with Crippen LogP contribution in [0, 0.1) is 10.1 Å². The van der Waals surface area contributed by atoms with Crippen LogP contribution >= 0.6 is 12.4 Å². The Bertz CT molecular complexity index is 475. The lowest BCUT2D eigenvalue weighted by Crippen LogP contribution is -2.39. The maximum absolute atomic E-state index is 11.6. The van der Waals surface area contributed by atoms with E-state index < -0.39 is 4.92 Å². The topological polar surface area (TPSA) is 93.5 Å². The van der Waals surface area contributed by atoms with Crippen LogP contribution in [0.2, 0.25) is 0 Å². The van der Waals surface area contributed by atoms with E-state index in [1.807, 2.05) is 0 Å². The molecule has 0 spiro atoms. The highest BCUT2D eigenvalue weighted by molar-refractivity contribution is 5.85. The predicted octanol–water partition coefficient (Wildman–Crippen LogP) is 1.26. The quantitative estimate of drug-likeness (QED) is 0.609. The van der Waals surface area contributed by atoms with E-state index in [0.717, 1.165) is 19.4 Å². The van der Waals surface area contributed by atoms with Gasteiger partial charge in [0.2, 0.25) is 0 Å². The predicted molar refractivity (Wildman–Crippen MR) is 79.9 cm³/mol. The number of halogens is 1. The fourth-order valence-electron chi connectivity index (χ4n) is 2.03. The molecular weight excluding hydrogens is 298 g/mol. The first kappa shape index (κ1) is 17.2. The van der Waals surface area contributed by atoms with Gasteiger partial charge in [-0.1, -0.05) is 0 Å². The van der Waals surface area contributed by atoms with Crippen LogP contribution in [-0.2, 0) is 4.79 Å². The Hall–Kier alpha value is -1.86. The first-order valence-electron chi connectivity index (χ1n) is 6.52. The van der Waals surface area contributed by atoms with Crippen molar-refractivity contribution >= 4 is 24.0 Å². The minimum absolute atomic E-state index is 0. The zero-order valence-electron chi connectivity index (χ0n) is 11.4. The SMILES string of the molecule is Cl.O=C(COc1ccc([N+](=O)[O-])cc1)NCC1CCCN1. The average Bonchev–Trinajstić information content (AvgIpc) is 2.96. The zero-order valence-corrected chi connectivity index (χ0v) is 12.2. The van der Waals surface area contributed by atoms with E-state index in [2.05, 4.69) is 10.6 Å². The molecule has 1 aliphatic heterocycles. The van der Waals surface area contributed by atoms with Gasteiger partial charge in [0.1, 0.15) is 5.75 Å². The average molecular weight is 316 g/mol. The van der Waals surface area contributed by atoms with Crippen LogP contribution < -0.4 is 15.4 Å². The van der Waals surface area contributed by atoms with Gasteiger partial charge in [0.25, 0.3) is 11.6 Å². The van der Waals surface area contributed by atoms with Crippen LogP contribution in [0.15, 0.2) is 24.3 Å². The lowest BCUT2D eigenvalue weighted by Gasteiger charge is -2.11. The van der Waals surface area contributed by atoms with Crippen molar-refractivity contribution in [2.24, 2.45) is 0 Å². The molecule has 7 nitrogen and oxygen atoms in total. The van der Waals surface area contributed by atoms with Crippen molar-refractivity contribution < 1.29 is 14.5 Å². The van der Waals surface area contributed by atoms with Crippen molar-refractivity contribution in [2.45, 2.75) is 18.9 Å². The highest BCUT2D eigenvalue weighted by Crippen LogP contribution is 2.17. The molecule has 116 valence electrons. The summed E-state index contributed by atoms with van der Waals surface area (Å²) in [4.78, 5) is 21.6. The zero-order chi connectivity index (χ0) is 14.4. The van der Waals surface area contributed by atoms with Crippen LogP contribution in [0.4, 0.5) is 5.69 Å². The number of nitrogens with zero attached hydrogens (tertiary/aromatic N) is 1. The Morgan fingerprint density at radius 2 is 2.14 bits per heavy atom. The number of nitro benzene ring substituents is 1. The number of hydrogen-bond donors (Lipinski definition) is 2. The summed E-state index contributed by atoms with van der Waals surface area (Å²) < 4.78 is 5.26. The summed E-state index contributed by atoms with van der Waals surface area (Å²) in [5, 5.41) is 16.6. The molecule has 1 unspecified atom stereocenters. The van der Waals surface area contributed by atoms with Crippen molar-refractivity contribution in [3.05, 3.63) is 34.4 Å². The van der Waals surface area contributed by atoms with Gasteiger partial charge in [0, 0.05) is 24.7 Å². The van der Waals surface area contributed by atoms with Gasteiger partial charge in [0.15, 0.2) is 6.61 Å². The minimum atomic E-state index is -0.481. The normalized spacial score (nSPS) is 16.9. The lowest BCUT2D eigenvalue weighted by molar-refractivity contribution is -0.384. The smallest absolute Gasteiger partial charge is 0.269 e. The van der Waals surface area contributed by atoms with Gasteiger partial charge in [-0.2, -0.15) is 0 Å². The Balaban J connectivity index is 0.00000220. The molecule has 1 amide bonds. The summed E-state index contributed by atoms with van der Waals surface area (Å²) in [6.07, 6.45) is 2.21. The number of benzene rings is 1. The number of nitro groups is 1. The van der Waals surface area contributed by atoms with Gasteiger partial charge in [-0.3, -0.25) is 14.9 Å². The third-order valence-corrected chi connectivity index (χ3v) is 3.13. The molecule has 1 fully saturated rings. The Labute approximate surface area is 128 Å². The van der Waals surface area contributed by atoms with Crippen molar-refractivity contribution in [1.82, 2.24) is 10.6 Å². The third kappa shape index (κ3) is 5.57. The highest BCUT2D eigenvalue weighted by atomic mass is 35.5. The maximum Gasteiger partial charge on any atom is 0.269 e. The second-order valence-electron chi connectivity index (χ2n) is 4.64. The molecule has 1 atom stereocenters. The first-order chi connectivity index (χ1) is 9.65.